The van der Waals surface area contributed by atoms with Crippen molar-refractivity contribution in [3.8, 4) is 5.69 Å². The van der Waals surface area contributed by atoms with Gasteiger partial charge in [-0.15, -0.1) is 0 Å². The van der Waals surface area contributed by atoms with Crippen molar-refractivity contribution < 1.29 is 18.0 Å². The molecule has 0 bridgehead atoms. The predicted molar refractivity (Wildman–Crippen MR) is 85.0 cm³/mol. The van der Waals surface area contributed by atoms with Crippen molar-refractivity contribution in [3.63, 3.8) is 0 Å². The van der Waals surface area contributed by atoms with Gasteiger partial charge in [0.15, 0.2) is 11.6 Å². The molecule has 1 atom stereocenters. The number of rotatable bonds is 2. The van der Waals surface area contributed by atoms with Gasteiger partial charge in [0.1, 0.15) is 18.0 Å². The highest BCUT2D eigenvalue weighted by Crippen LogP contribution is 2.37. The van der Waals surface area contributed by atoms with Gasteiger partial charge in [0.2, 0.25) is 5.91 Å². The number of carbonyl (C=O) groups excluding carboxylic acids is 1. The summed E-state index contributed by atoms with van der Waals surface area (Å²) in [4.78, 5) is 16.4. The maximum atomic E-state index is 13.6. The monoisotopic (exact) mass is 343 g/mol. The molecule has 0 spiro atoms. The van der Waals surface area contributed by atoms with Crippen LogP contribution in [0.15, 0.2) is 48.8 Å². The summed E-state index contributed by atoms with van der Waals surface area (Å²) in [7, 11) is 0. The van der Waals surface area contributed by atoms with E-state index in [0.717, 1.165) is 12.1 Å². The molecule has 1 aromatic heterocycles. The van der Waals surface area contributed by atoms with Crippen LogP contribution in [-0.4, -0.2) is 15.5 Å². The van der Waals surface area contributed by atoms with Crippen LogP contribution in [0.5, 0.6) is 0 Å². The molecule has 2 heterocycles. The highest BCUT2D eigenvalue weighted by atomic mass is 19.2. The van der Waals surface area contributed by atoms with Crippen LogP contribution in [0.25, 0.3) is 5.69 Å². The summed E-state index contributed by atoms with van der Waals surface area (Å²) in [6.07, 6.45) is 1.54. The predicted octanol–water partition coefficient (Wildman–Crippen LogP) is 3.76. The molecule has 4 rings (SSSR count). The standard InChI is InChI=1S/C18H12F3N3O/c19-11-2-1-3-12(7-11)24-9-22-17-13(8-16(25)23-18(17)24)10-4-5-14(20)15(21)6-10/h1-7,9,13H,8H2,(H,23,25)/t13-/m0/s1. The van der Waals surface area contributed by atoms with Crippen LogP contribution < -0.4 is 5.32 Å². The van der Waals surface area contributed by atoms with Crippen LogP contribution in [0.4, 0.5) is 19.0 Å². The molecule has 0 saturated heterocycles. The van der Waals surface area contributed by atoms with E-state index in [-0.39, 0.29) is 12.3 Å². The summed E-state index contributed by atoms with van der Waals surface area (Å²) in [5.41, 5.74) is 1.48. The van der Waals surface area contributed by atoms with Gasteiger partial charge < -0.3 is 5.32 Å². The van der Waals surface area contributed by atoms with Crippen molar-refractivity contribution in [1.29, 1.82) is 0 Å². The lowest BCUT2D eigenvalue weighted by Crippen LogP contribution is -2.25. The van der Waals surface area contributed by atoms with Crippen LogP contribution in [0.1, 0.15) is 23.6 Å². The number of hydrogen-bond donors (Lipinski definition) is 1. The molecule has 1 aliphatic heterocycles. The fourth-order valence-electron chi connectivity index (χ4n) is 3.03. The van der Waals surface area contributed by atoms with Crippen molar-refractivity contribution in [2.24, 2.45) is 0 Å². The Morgan fingerprint density at radius 3 is 2.68 bits per heavy atom. The van der Waals surface area contributed by atoms with E-state index in [1.54, 1.807) is 16.7 Å². The maximum absolute atomic E-state index is 13.6. The molecular formula is C18H12F3N3O. The number of anilines is 1. The smallest absolute Gasteiger partial charge is 0.226 e. The third-order valence-electron chi connectivity index (χ3n) is 4.21. The lowest BCUT2D eigenvalue weighted by molar-refractivity contribution is -0.116. The number of nitrogens with zero attached hydrogens (tertiary/aromatic N) is 2. The Labute approximate surface area is 140 Å². The first kappa shape index (κ1) is 15.4. The second-order valence-corrected chi connectivity index (χ2v) is 5.81. The first-order valence-corrected chi connectivity index (χ1v) is 7.61. The molecule has 25 heavy (non-hydrogen) atoms. The van der Waals surface area contributed by atoms with Gasteiger partial charge >= 0.3 is 0 Å². The number of nitrogens with one attached hydrogen (secondary N) is 1. The van der Waals surface area contributed by atoms with E-state index in [1.165, 1.54) is 24.5 Å². The quantitative estimate of drug-likeness (QED) is 0.770. The number of hydrogen-bond acceptors (Lipinski definition) is 2. The van der Waals surface area contributed by atoms with E-state index in [2.05, 4.69) is 10.3 Å². The molecule has 2 aromatic carbocycles. The topological polar surface area (TPSA) is 46.9 Å². The van der Waals surface area contributed by atoms with Crippen LogP contribution in [0.2, 0.25) is 0 Å². The average molecular weight is 343 g/mol. The van der Waals surface area contributed by atoms with Crippen molar-refractivity contribution in [1.82, 2.24) is 9.55 Å². The second kappa shape index (κ2) is 5.77. The van der Waals surface area contributed by atoms with Gasteiger partial charge in [0.05, 0.1) is 11.4 Å². The van der Waals surface area contributed by atoms with E-state index >= 15 is 0 Å². The first-order chi connectivity index (χ1) is 12.0. The van der Waals surface area contributed by atoms with Crippen molar-refractivity contribution >= 4 is 11.7 Å². The van der Waals surface area contributed by atoms with E-state index in [9.17, 15) is 18.0 Å². The third-order valence-corrected chi connectivity index (χ3v) is 4.21. The van der Waals surface area contributed by atoms with Gasteiger partial charge in [0, 0.05) is 12.3 Å². The van der Waals surface area contributed by atoms with Crippen LogP contribution >= 0.6 is 0 Å². The number of fused-ring (bicyclic) bond motifs is 1. The molecule has 3 aromatic rings. The van der Waals surface area contributed by atoms with Crippen LogP contribution in [-0.2, 0) is 4.79 Å². The zero-order valence-electron chi connectivity index (χ0n) is 12.8. The lowest BCUT2D eigenvalue weighted by atomic mass is 9.89. The fraction of sp³-hybridized carbons (Fsp3) is 0.111. The Hall–Kier alpha value is -3.09. The van der Waals surface area contributed by atoms with Crippen molar-refractivity contribution in [2.75, 3.05) is 5.32 Å². The molecular weight excluding hydrogens is 331 g/mol. The molecule has 0 saturated carbocycles. The van der Waals surface area contributed by atoms with Gasteiger partial charge in [-0.3, -0.25) is 9.36 Å². The summed E-state index contributed by atoms with van der Waals surface area (Å²) < 4.78 is 41.8. The first-order valence-electron chi connectivity index (χ1n) is 7.61. The summed E-state index contributed by atoms with van der Waals surface area (Å²) in [5, 5.41) is 2.72. The molecule has 0 fully saturated rings. The molecule has 1 N–H and O–H groups in total. The SMILES string of the molecule is O=C1C[C@@H](c2ccc(F)c(F)c2)c2ncn(-c3cccc(F)c3)c2N1. The fourth-order valence-corrected chi connectivity index (χ4v) is 3.03. The highest BCUT2D eigenvalue weighted by Gasteiger charge is 2.31. The Morgan fingerprint density at radius 1 is 1.08 bits per heavy atom. The largest absolute Gasteiger partial charge is 0.310 e. The Kier molecular flexibility index (Phi) is 3.56. The minimum Gasteiger partial charge on any atom is -0.310 e. The van der Waals surface area contributed by atoms with E-state index in [0.29, 0.717) is 22.8 Å². The summed E-state index contributed by atoms with van der Waals surface area (Å²) >= 11 is 0. The molecule has 126 valence electrons. The Morgan fingerprint density at radius 2 is 1.92 bits per heavy atom. The lowest BCUT2D eigenvalue weighted by Gasteiger charge is -2.23. The summed E-state index contributed by atoms with van der Waals surface area (Å²) in [5.74, 6) is -2.73. The Bertz CT molecular complexity index is 983. The van der Waals surface area contributed by atoms with E-state index in [4.69, 9.17) is 0 Å². The molecule has 4 nitrogen and oxygen atoms in total. The van der Waals surface area contributed by atoms with Crippen LogP contribution in [0.3, 0.4) is 0 Å². The number of halogens is 3. The van der Waals surface area contributed by atoms with Gasteiger partial charge in [0.25, 0.3) is 0 Å². The minimum atomic E-state index is -0.977. The molecule has 0 aliphatic carbocycles. The summed E-state index contributed by atoms with van der Waals surface area (Å²) in [6, 6.07) is 9.40. The zero-order valence-corrected chi connectivity index (χ0v) is 12.8. The summed E-state index contributed by atoms with van der Waals surface area (Å²) in [6.45, 7) is 0. The van der Waals surface area contributed by atoms with Crippen LogP contribution in [0, 0.1) is 17.5 Å². The second-order valence-electron chi connectivity index (χ2n) is 5.81. The number of carbonyl (C=O) groups is 1. The van der Waals surface area contributed by atoms with Gasteiger partial charge in [-0.05, 0) is 35.9 Å². The van der Waals surface area contributed by atoms with E-state index < -0.39 is 23.4 Å². The van der Waals surface area contributed by atoms with Gasteiger partial charge in [-0.25, -0.2) is 18.2 Å². The molecule has 0 unspecified atom stereocenters. The van der Waals surface area contributed by atoms with Crippen molar-refractivity contribution in [2.45, 2.75) is 12.3 Å². The normalized spacial score (nSPS) is 16.4. The number of imidazole rings is 1. The van der Waals surface area contributed by atoms with Crippen molar-refractivity contribution in [3.05, 3.63) is 77.5 Å². The Balaban J connectivity index is 1.82. The zero-order chi connectivity index (χ0) is 17.6. The number of benzene rings is 2. The molecule has 0 radical (unpaired) electrons. The molecule has 7 heteroatoms. The van der Waals surface area contributed by atoms with Gasteiger partial charge in [-0.2, -0.15) is 0 Å². The number of amides is 1. The molecule has 1 aliphatic rings. The molecule has 1 amide bonds. The third kappa shape index (κ3) is 2.67. The average Bonchev–Trinajstić information content (AvgIpc) is 3.00. The minimum absolute atomic E-state index is 0.0677. The highest BCUT2D eigenvalue weighted by molar-refractivity contribution is 5.94. The van der Waals surface area contributed by atoms with Gasteiger partial charge in [-0.1, -0.05) is 12.1 Å². The maximum Gasteiger partial charge on any atom is 0.226 e. The van der Waals surface area contributed by atoms with E-state index in [1.807, 2.05) is 0 Å². The number of aromatic nitrogens is 2.